The maximum atomic E-state index is 12.6. The standard InChI is InChI=1S/C13H19NO5S/c1-10-14(7-4-8-19-10)20(15,16)11-5-6-12(17-2)13(9-11)18-3/h5-6,9-10H,4,7-8H2,1-3H3. The minimum Gasteiger partial charge on any atom is -0.493 e. The molecular formula is C13H19NO5S. The van der Waals surface area contributed by atoms with Crippen molar-refractivity contribution in [2.24, 2.45) is 0 Å². The van der Waals surface area contributed by atoms with E-state index >= 15 is 0 Å². The molecule has 0 saturated carbocycles. The van der Waals surface area contributed by atoms with Crippen LogP contribution in [0.2, 0.25) is 0 Å². The van der Waals surface area contributed by atoms with E-state index in [-0.39, 0.29) is 4.90 Å². The van der Waals surface area contributed by atoms with Gasteiger partial charge in [-0.1, -0.05) is 0 Å². The van der Waals surface area contributed by atoms with Crippen molar-refractivity contribution in [2.75, 3.05) is 27.4 Å². The summed E-state index contributed by atoms with van der Waals surface area (Å²) >= 11 is 0. The predicted molar refractivity (Wildman–Crippen MR) is 73.5 cm³/mol. The van der Waals surface area contributed by atoms with E-state index in [2.05, 4.69) is 0 Å². The lowest BCUT2D eigenvalue weighted by Crippen LogP contribution is -2.44. The fourth-order valence-corrected chi connectivity index (χ4v) is 3.76. The third kappa shape index (κ3) is 2.74. The van der Waals surface area contributed by atoms with Gasteiger partial charge in [-0.15, -0.1) is 0 Å². The first-order valence-electron chi connectivity index (χ1n) is 6.36. The molecule has 0 spiro atoms. The maximum Gasteiger partial charge on any atom is 0.245 e. The summed E-state index contributed by atoms with van der Waals surface area (Å²) in [5.74, 6) is 0.883. The largest absolute Gasteiger partial charge is 0.493 e. The van der Waals surface area contributed by atoms with E-state index in [0.29, 0.717) is 31.1 Å². The van der Waals surface area contributed by atoms with Crippen LogP contribution in [0.3, 0.4) is 0 Å². The summed E-state index contributed by atoms with van der Waals surface area (Å²) in [6.07, 6.45) is 0.235. The Balaban J connectivity index is 2.38. The van der Waals surface area contributed by atoms with Crippen LogP contribution >= 0.6 is 0 Å². The average Bonchev–Trinajstić information content (AvgIpc) is 2.46. The Morgan fingerprint density at radius 1 is 1.25 bits per heavy atom. The van der Waals surface area contributed by atoms with Crippen molar-refractivity contribution in [2.45, 2.75) is 24.5 Å². The van der Waals surface area contributed by atoms with Gasteiger partial charge < -0.3 is 14.2 Å². The topological polar surface area (TPSA) is 65.1 Å². The molecule has 1 aromatic rings. The quantitative estimate of drug-likeness (QED) is 0.842. The van der Waals surface area contributed by atoms with Crippen molar-refractivity contribution < 1.29 is 22.6 Å². The van der Waals surface area contributed by atoms with Crippen LogP contribution in [0, 0.1) is 0 Å². The summed E-state index contributed by atoms with van der Waals surface area (Å²) in [6, 6.07) is 4.56. The lowest BCUT2D eigenvalue weighted by molar-refractivity contribution is -0.0410. The number of methoxy groups -OCH3 is 2. The van der Waals surface area contributed by atoms with Crippen LogP contribution in [0.4, 0.5) is 0 Å². The smallest absolute Gasteiger partial charge is 0.245 e. The van der Waals surface area contributed by atoms with Crippen LogP contribution in [0.1, 0.15) is 13.3 Å². The maximum absolute atomic E-state index is 12.6. The Morgan fingerprint density at radius 3 is 2.55 bits per heavy atom. The Labute approximate surface area is 119 Å². The molecule has 1 fully saturated rings. The zero-order valence-electron chi connectivity index (χ0n) is 11.8. The molecule has 1 aliphatic rings. The summed E-state index contributed by atoms with van der Waals surface area (Å²) in [5, 5.41) is 0. The average molecular weight is 301 g/mol. The fraction of sp³-hybridized carbons (Fsp3) is 0.538. The van der Waals surface area contributed by atoms with Gasteiger partial charge in [0.25, 0.3) is 0 Å². The second kappa shape index (κ2) is 5.99. The minimum atomic E-state index is -3.60. The summed E-state index contributed by atoms with van der Waals surface area (Å²) < 4.78 is 42.2. The number of nitrogens with zero attached hydrogens (tertiary/aromatic N) is 1. The lowest BCUT2D eigenvalue weighted by atomic mass is 10.3. The van der Waals surface area contributed by atoms with E-state index in [1.807, 2.05) is 0 Å². The zero-order valence-corrected chi connectivity index (χ0v) is 12.6. The Hall–Kier alpha value is -1.31. The van der Waals surface area contributed by atoms with Crippen molar-refractivity contribution in [3.8, 4) is 11.5 Å². The Bertz CT molecular complexity index is 572. The number of hydrogen-bond donors (Lipinski definition) is 0. The molecule has 1 aromatic carbocycles. The highest BCUT2D eigenvalue weighted by Gasteiger charge is 2.32. The molecule has 20 heavy (non-hydrogen) atoms. The highest BCUT2D eigenvalue weighted by molar-refractivity contribution is 7.89. The first kappa shape index (κ1) is 15.1. The molecule has 0 aliphatic carbocycles. The van der Waals surface area contributed by atoms with E-state index in [1.165, 1.54) is 30.7 Å². The van der Waals surface area contributed by atoms with Crippen LogP contribution in [-0.2, 0) is 14.8 Å². The van der Waals surface area contributed by atoms with Gasteiger partial charge in [0.05, 0.1) is 19.1 Å². The van der Waals surface area contributed by atoms with Crippen LogP contribution in [-0.4, -0.2) is 46.3 Å². The third-order valence-corrected chi connectivity index (χ3v) is 5.20. The van der Waals surface area contributed by atoms with E-state index in [1.54, 1.807) is 13.0 Å². The number of benzene rings is 1. The van der Waals surface area contributed by atoms with Crippen molar-refractivity contribution in [1.29, 1.82) is 0 Å². The van der Waals surface area contributed by atoms with E-state index in [9.17, 15) is 8.42 Å². The van der Waals surface area contributed by atoms with Crippen molar-refractivity contribution in [3.05, 3.63) is 18.2 Å². The molecule has 1 unspecified atom stereocenters. The zero-order chi connectivity index (χ0) is 14.8. The van der Waals surface area contributed by atoms with Gasteiger partial charge in [0.1, 0.15) is 6.23 Å². The van der Waals surface area contributed by atoms with E-state index in [4.69, 9.17) is 14.2 Å². The van der Waals surface area contributed by atoms with Gasteiger partial charge in [-0.05, 0) is 25.5 Å². The molecule has 1 heterocycles. The van der Waals surface area contributed by atoms with Crippen molar-refractivity contribution in [3.63, 3.8) is 0 Å². The molecule has 6 nitrogen and oxygen atoms in total. The Kier molecular flexibility index (Phi) is 4.52. The van der Waals surface area contributed by atoms with Gasteiger partial charge >= 0.3 is 0 Å². The normalized spacial score (nSPS) is 20.6. The number of ether oxygens (including phenoxy) is 3. The second-order valence-corrected chi connectivity index (χ2v) is 6.35. The lowest BCUT2D eigenvalue weighted by Gasteiger charge is -2.32. The summed E-state index contributed by atoms with van der Waals surface area (Å²) in [7, 11) is -0.616. The minimum absolute atomic E-state index is 0.174. The van der Waals surface area contributed by atoms with Crippen LogP contribution in [0.5, 0.6) is 11.5 Å². The highest BCUT2D eigenvalue weighted by Crippen LogP contribution is 2.31. The molecule has 0 N–H and O–H groups in total. The van der Waals surface area contributed by atoms with Crippen LogP contribution in [0.25, 0.3) is 0 Å². The SMILES string of the molecule is COc1ccc(S(=O)(=O)N2CCCOC2C)cc1OC. The van der Waals surface area contributed by atoms with Gasteiger partial charge in [-0.3, -0.25) is 0 Å². The molecule has 0 bridgehead atoms. The number of hydrogen-bond acceptors (Lipinski definition) is 5. The van der Waals surface area contributed by atoms with Gasteiger partial charge in [-0.2, -0.15) is 4.31 Å². The molecule has 2 rings (SSSR count). The van der Waals surface area contributed by atoms with Gasteiger partial charge in [0.15, 0.2) is 11.5 Å². The molecule has 1 saturated heterocycles. The molecule has 0 aromatic heterocycles. The third-order valence-electron chi connectivity index (χ3n) is 3.25. The highest BCUT2D eigenvalue weighted by atomic mass is 32.2. The summed E-state index contributed by atoms with van der Waals surface area (Å²) in [4.78, 5) is 0.174. The molecule has 0 amide bonds. The first-order valence-corrected chi connectivity index (χ1v) is 7.80. The van der Waals surface area contributed by atoms with E-state index in [0.717, 1.165) is 0 Å². The molecule has 1 atom stereocenters. The molecular weight excluding hydrogens is 282 g/mol. The van der Waals surface area contributed by atoms with Crippen LogP contribution < -0.4 is 9.47 Å². The molecule has 0 radical (unpaired) electrons. The number of rotatable bonds is 4. The fourth-order valence-electron chi connectivity index (χ4n) is 2.17. The molecule has 1 aliphatic heterocycles. The Morgan fingerprint density at radius 2 is 1.95 bits per heavy atom. The van der Waals surface area contributed by atoms with E-state index < -0.39 is 16.3 Å². The summed E-state index contributed by atoms with van der Waals surface area (Å²) in [5.41, 5.74) is 0. The first-order chi connectivity index (χ1) is 9.50. The summed E-state index contributed by atoms with van der Waals surface area (Å²) in [6.45, 7) is 2.77. The number of sulfonamides is 1. The van der Waals surface area contributed by atoms with Crippen LogP contribution in [0.15, 0.2) is 23.1 Å². The monoisotopic (exact) mass is 301 g/mol. The van der Waals surface area contributed by atoms with Gasteiger partial charge in [0.2, 0.25) is 10.0 Å². The molecule has 7 heteroatoms. The van der Waals surface area contributed by atoms with Gasteiger partial charge in [0, 0.05) is 19.2 Å². The van der Waals surface area contributed by atoms with Gasteiger partial charge in [-0.25, -0.2) is 8.42 Å². The second-order valence-electron chi connectivity index (χ2n) is 4.46. The predicted octanol–water partition coefficient (Wildman–Crippen LogP) is 1.46. The van der Waals surface area contributed by atoms with Crippen molar-refractivity contribution in [1.82, 2.24) is 4.31 Å². The molecule has 112 valence electrons. The van der Waals surface area contributed by atoms with Crippen molar-refractivity contribution >= 4 is 10.0 Å².